The maximum atomic E-state index is 13.5. The molecule has 3 aromatic rings. The van der Waals surface area contributed by atoms with Gasteiger partial charge in [-0.25, -0.2) is 4.98 Å². The molecule has 0 unspecified atom stereocenters. The minimum atomic E-state index is -0.0564. The van der Waals surface area contributed by atoms with E-state index in [9.17, 15) is 4.79 Å². The summed E-state index contributed by atoms with van der Waals surface area (Å²) >= 11 is 0. The van der Waals surface area contributed by atoms with Crippen molar-refractivity contribution in [1.29, 1.82) is 0 Å². The maximum Gasteiger partial charge on any atom is 0.254 e. The lowest BCUT2D eigenvalue weighted by Crippen LogP contribution is -2.47. The fraction of sp³-hybridized carbons (Fsp3) is 0.414. The monoisotopic (exact) mass is 516 g/mol. The molecule has 2 aromatic carbocycles. The summed E-state index contributed by atoms with van der Waals surface area (Å²) in [6, 6.07) is 15.8. The zero-order valence-electron chi connectivity index (χ0n) is 22.7. The molecule has 0 spiro atoms. The molecule has 0 radical (unpaired) electrons. The Hall–Kier alpha value is -4.01. The molecule has 1 saturated heterocycles. The number of ether oxygens (including phenoxy) is 2. The summed E-state index contributed by atoms with van der Waals surface area (Å²) < 4.78 is 10.7. The highest BCUT2D eigenvalue weighted by atomic mass is 16.5. The second kappa shape index (κ2) is 11.2. The smallest absolute Gasteiger partial charge is 0.254 e. The Bertz CT molecular complexity index is 1250. The van der Waals surface area contributed by atoms with Crippen LogP contribution in [-0.2, 0) is 13.0 Å². The molecule has 200 valence electrons. The van der Waals surface area contributed by atoms with Crippen molar-refractivity contribution >= 4 is 23.4 Å². The van der Waals surface area contributed by atoms with Crippen molar-refractivity contribution in [3.63, 3.8) is 0 Å². The molecular weight excluding hydrogens is 480 g/mol. The fourth-order valence-electron chi connectivity index (χ4n) is 5.08. The molecule has 1 amide bonds. The Morgan fingerprint density at radius 2 is 1.58 bits per heavy atom. The van der Waals surface area contributed by atoms with Gasteiger partial charge >= 0.3 is 0 Å². The van der Waals surface area contributed by atoms with Gasteiger partial charge in [0.25, 0.3) is 5.91 Å². The van der Waals surface area contributed by atoms with Crippen LogP contribution in [0.4, 0.5) is 17.5 Å². The molecule has 1 fully saturated rings. The van der Waals surface area contributed by atoms with Crippen LogP contribution < -0.4 is 24.2 Å². The Labute approximate surface area is 224 Å². The number of hydrogen-bond acceptors (Lipinski definition) is 8. The van der Waals surface area contributed by atoms with Crippen molar-refractivity contribution in [2.45, 2.75) is 19.9 Å². The topological polar surface area (TPSA) is 74.3 Å². The molecule has 0 N–H and O–H groups in total. The second-order valence-electron chi connectivity index (χ2n) is 9.67. The van der Waals surface area contributed by atoms with Gasteiger partial charge < -0.3 is 29.1 Å². The summed E-state index contributed by atoms with van der Waals surface area (Å²) in [4.78, 5) is 32.3. The van der Waals surface area contributed by atoms with Gasteiger partial charge in [0.05, 0.1) is 26.5 Å². The number of para-hydroxylation sites is 1. The van der Waals surface area contributed by atoms with Crippen molar-refractivity contribution in [2.24, 2.45) is 0 Å². The quantitative estimate of drug-likeness (QED) is 0.473. The zero-order valence-corrected chi connectivity index (χ0v) is 22.7. The Kier molecular flexibility index (Phi) is 7.53. The molecule has 38 heavy (non-hydrogen) atoms. The van der Waals surface area contributed by atoms with Crippen LogP contribution in [0.5, 0.6) is 11.5 Å². The number of methoxy groups -OCH3 is 2. The molecule has 1 aromatic heterocycles. The summed E-state index contributed by atoms with van der Waals surface area (Å²) in [5.74, 6) is 2.82. The van der Waals surface area contributed by atoms with Crippen LogP contribution in [-0.4, -0.2) is 81.3 Å². The predicted molar refractivity (Wildman–Crippen MR) is 150 cm³/mol. The summed E-state index contributed by atoms with van der Waals surface area (Å²) in [6.45, 7) is 7.57. The van der Waals surface area contributed by atoms with Gasteiger partial charge in [-0.05, 0) is 31.2 Å². The molecule has 9 heteroatoms. The number of anilines is 3. The highest BCUT2D eigenvalue weighted by molar-refractivity contribution is 5.95. The summed E-state index contributed by atoms with van der Waals surface area (Å²) in [5, 5.41) is 0. The second-order valence-corrected chi connectivity index (χ2v) is 9.67. The minimum absolute atomic E-state index is 0.0564. The van der Waals surface area contributed by atoms with E-state index in [0.717, 1.165) is 55.7 Å². The van der Waals surface area contributed by atoms with E-state index >= 15 is 0 Å². The van der Waals surface area contributed by atoms with E-state index < -0.39 is 0 Å². The minimum Gasteiger partial charge on any atom is -0.497 e. The van der Waals surface area contributed by atoms with Crippen molar-refractivity contribution in [2.75, 3.05) is 75.2 Å². The average Bonchev–Trinajstić information content (AvgIpc) is 2.99. The Morgan fingerprint density at radius 1 is 0.921 bits per heavy atom. The molecule has 3 heterocycles. The van der Waals surface area contributed by atoms with Gasteiger partial charge in [0.2, 0.25) is 5.95 Å². The van der Waals surface area contributed by atoms with E-state index in [4.69, 9.17) is 19.4 Å². The largest absolute Gasteiger partial charge is 0.497 e. The Morgan fingerprint density at radius 3 is 2.21 bits per heavy atom. The van der Waals surface area contributed by atoms with Crippen molar-refractivity contribution in [3.8, 4) is 11.5 Å². The van der Waals surface area contributed by atoms with Gasteiger partial charge in [-0.15, -0.1) is 0 Å². The first-order valence-electron chi connectivity index (χ1n) is 13.2. The number of carbonyl (C=O) groups excluding carboxylic acids is 1. The highest BCUT2D eigenvalue weighted by Crippen LogP contribution is 2.31. The third kappa shape index (κ3) is 5.18. The molecule has 0 atom stereocenters. The van der Waals surface area contributed by atoms with E-state index in [0.29, 0.717) is 36.6 Å². The fourth-order valence-corrected chi connectivity index (χ4v) is 5.08. The van der Waals surface area contributed by atoms with E-state index in [1.807, 2.05) is 11.9 Å². The van der Waals surface area contributed by atoms with Crippen LogP contribution in [0.25, 0.3) is 0 Å². The molecule has 5 rings (SSSR count). The number of amides is 1. The van der Waals surface area contributed by atoms with Crippen molar-refractivity contribution in [1.82, 2.24) is 14.9 Å². The molecule has 0 saturated carbocycles. The van der Waals surface area contributed by atoms with Gasteiger partial charge in [0, 0.05) is 75.6 Å². The van der Waals surface area contributed by atoms with Crippen molar-refractivity contribution in [3.05, 3.63) is 65.4 Å². The van der Waals surface area contributed by atoms with Crippen LogP contribution in [0, 0.1) is 0 Å². The standard InChI is InChI=1S/C29H36N6O3/c1-5-32(2)27-25-20-35(28(36)21-17-23(37-3)19-24(18-21)38-4)12-11-26(25)30-29(31-27)34-15-13-33(14-16-34)22-9-7-6-8-10-22/h6-10,17-19H,5,11-16,20H2,1-4H3. The van der Waals surface area contributed by atoms with Crippen molar-refractivity contribution < 1.29 is 14.3 Å². The normalized spacial score (nSPS) is 15.2. The third-order valence-electron chi connectivity index (χ3n) is 7.43. The van der Waals surface area contributed by atoms with Gasteiger partial charge in [-0.1, -0.05) is 18.2 Å². The summed E-state index contributed by atoms with van der Waals surface area (Å²) in [5.41, 5.74) is 3.85. The molecule has 9 nitrogen and oxygen atoms in total. The van der Waals surface area contributed by atoms with Crippen LogP contribution in [0.1, 0.15) is 28.5 Å². The van der Waals surface area contributed by atoms with Crippen LogP contribution in [0.3, 0.4) is 0 Å². The number of piperazine rings is 1. The molecule has 0 aliphatic carbocycles. The SMILES string of the molecule is CCN(C)c1nc(N2CCN(c3ccccc3)CC2)nc2c1CN(C(=O)c1cc(OC)cc(OC)c1)CC2. The average molecular weight is 517 g/mol. The van der Waals surface area contributed by atoms with E-state index in [1.54, 1.807) is 32.4 Å². The van der Waals surface area contributed by atoms with E-state index in [2.05, 4.69) is 52.0 Å². The number of hydrogen-bond donors (Lipinski definition) is 0. The maximum absolute atomic E-state index is 13.5. The third-order valence-corrected chi connectivity index (χ3v) is 7.43. The van der Waals surface area contributed by atoms with E-state index in [1.165, 1.54) is 5.69 Å². The number of carbonyl (C=O) groups is 1. The first-order valence-corrected chi connectivity index (χ1v) is 13.2. The van der Waals surface area contributed by atoms with E-state index in [-0.39, 0.29) is 5.91 Å². The predicted octanol–water partition coefficient (Wildman–Crippen LogP) is 3.48. The lowest BCUT2D eigenvalue weighted by Gasteiger charge is -2.37. The van der Waals surface area contributed by atoms with Gasteiger partial charge in [0.1, 0.15) is 17.3 Å². The van der Waals surface area contributed by atoms with Gasteiger partial charge in [0.15, 0.2) is 0 Å². The first-order chi connectivity index (χ1) is 18.5. The Balaban J connectivity index is 1.37. The lowest BCUT2D eigenvalue weighted by atomic mass is 10.0. The number of rotatable bonds is 7. The zero-order chi connectivity index (χ0) is 26.6. The summed E-state index contributed by atoms with van der Waals surface area (Å²) in [7, 11) is 5.22. The lowest BCUT2D eigenvalue weighted by molar-refractivity contribution is 0.0733. The number of nitrogens with zero attached hydrogens (tertiary/aromatic N) is 6. The molecule has 0 bridgehead atoms. The highest BCUT2D eigenvalue weighted by Gasteiger charge is 2.29. The number of fused-ring (bicyclic) bond motifs is 1. The molecular formula is C29H36N6O3. The van der Waals surface area contributed by atoms with Crippen LogP contribution in [0.15, 0.2) is 48.5 Å². The van der Waals surface area contributed by atoms with Crippen LogP contribution >= 0.6 is 0 Å². The first kappa shape index (κ1) is 25.6. The number of benzene rings is 2. The van der Waals surface area contributed by atoms with Crippen LogP contribution in [0.2, 0.25) is 0 Å². The number of aromatic nitrogens is 2. The molecule has 2 aliphatic heterocycles. The van der Waals surface area contributed by atoms with Gasteiger partial charge in [-0.3, -0.25) is 4.79 Å². The van der Waals surface area contributed by atoms with Gasteiger partial charge in [-0.2, -0.15) is 4.98 Å². The molecule has 2 aliphatic rings. The summed E-state index contributed by atoms with van der Waals surface area (Å²) in [6.07, 6.45) is 0.687.